The molecule has 1 rings (SSSR count). The number of hydrogen-bond donors (Lipinski definition) is 2. The van der Waals surface area contributed by atoms with Crippen LogP contribution in [0.5, 0.6) is 0 Å². The third-order valence-electron chi connectivity index (χ3n) is 2.29. The number of aromatic nitrogens is 1. The topological polar surface area (TPSA) is 68.9 Å². The molecule has 16 heavy (non-hydrogen) atoms. The number of halogens is 1. The maximum Gasteiger partial charge on any atom is 0.161 e. The number of pyridine rings is 1. The SMILES string of the molecule is CC(C)[C@@H](CO)Nc1ccc(Cl)c(C#N)n1. The third kappa shape index (κ3) is 3.09. The lowest BCUT2D eigenvalue weighted by molar-refractivity contribution is 0.249. The number of anilines is 1. The van der Waals surface area contributed by atoms with Crippen LogP contribution in [0.15, 0.2) is 12.1 Å². The van der Waals surface area contributed by atoms with Crippen LogP contribution in [0.25, 0.3) is 0 Å². The van der Waals surface area contributed by atoms with Gasteiger partial charge in [-0.25, -0.2) is 4.98 Å². The number of aliphatic hydroxyl groups is 1. The van der Waals surface area contributed by atoms with Crippen molar-refractivity contribution in [2.24, 2.45) is 5.92 Å². The summed E-state index contributed by atoms with van der Waals surface area (Å²) in [7, 11) is 0. The molecule has 0 aromatic carbocycles. The zero-order valence-corrected chi connectivity index (χ0v) is 9.99. The Morgan fingerprint density at radius 2 is 2.25 bits per heavy atom. The molecule has 0 unspecified atom stereocenters. The maximum absolute atomic E-state index is 9.16. The van der Waals surface area contributed by atoms with E-state index in [2.05, 4.69) is 10.3 Å². The highest BCUT2D eigenvalue weighted by Gasteiger charge is 2.13. The second kappa shape index (κ2) is 5.69. The number of hydrogen-bond acceptors (Lipinski definition) is 4. The fraction of sp³-hybridized carbons (Fsp3) is 0.455. The Labute approximate surface area is 99.9 Å². The molecule has 0 amide bonds. The van der Waals surface area contributed by atoms with Gasteiger partial charge in [0, 0.05) is 0 Å². The van der Waals surface area contributed by atoms with Crippen molar-refractivity contribution >= 4 is 17.4 Å². The molecule has 1 aromatic rings. The lowest BCUT2D eigenvalue weighted by Crippen LogP contribution is -2.29. The van der Waals surface area contributed by atoms with E-state index in [9.17, 15) is 0 Å². The van der Waals surface area contributed by atoms with E-state index in [1.54, 1.807) is 12.1 Å². The van der Waals surface area contributed by atoms with Gasteiger partial charge in [0.1, 0.15) is 11.9 Å². The van der Waals surface area contributed by atoms with Gasteiger partial charge in [-0.15, -0.1) is 0 Å². The van der Waals surface area contributed by atoms with Crippen LogP contribution in [0.3, 0.4) is 0 Å². The molecule has 0 aliphatic rings. The molecule has 0 saturated heterocycles. The summed E-state index contributed by atoms with van der Waals surface area (Å²) >= 11 is 5.77. The zero-order chi connectivity index (χ0) is 12.1. The molecule has 0 spiro atoms. The van der Waals surface area contributed by atoms with Crippen LogP contribution in [0.2, 0.25) is 5.02 Å². The molecule has 1 atom stereocenters. The summed E-state index contributed by atoms with van der Waals surface area (Å²) in [6.45, 7) is 4.01. The number of aliphatic hydroxyl groups excluding tert-OH is 1. The molecule has 2 N–H and O–H groups in total. The summed E-state index contributed by atoms with van der Waals surface area (Å²) in [6, 6.07) is 5.13. The predicted octanol–water partition coefficient (Wildman–Crippen LogP) is 2.04. The average Bonchev–Trinajstić information content (AvgIpc) is 2.27. The summed E-state index contributed by atoms with van der Waals surface area (Å²) in [5.41, 5.74) is 0.187. The highest BCUT2D eigenvalue weighted by atomic mass is 35.5. The van der Waals surface area contributed by atoms with Gasteiger partial charge in [0.15, 0.2) is 5.69 Å². The van der Waals surface area contributed by atoms with Gasteiger partial charge in [-0.1, -0.05) is 25.4 Å². The Morgan fingerprint density at radius 3 is 2.75 bits per heavy atom. The molecule has 0 aliphatic carbocycles. The zero-order valence-electron chi connectivity index (χ0n) is 9.24. The van der Waals surface area contributed by atoms with Crippen molar-refractivity contribution in [3.05, 3.63) is 22.8 Å². The largest absolute Gasteiger partial charge is 0.394 e. The van der Waals surface area contributed by atoms with Gasteiger partial charge in [0.2, 0.25) is 0 Å². The molecule has 0 saturated carbocycles. The van der Waals surface area contributed by atoms with E-state index in [0.29, 0.717) is 10.8 Å². The summed E-state index contributed by atoms with van der Waals surface area (Å²) in [5.74, 6) is 0.821. The van der Waals surface area contributed by atoms with Crippen molar-refractivity contribution in [1.82, 2.24) is 4.98 Å². The molecular formula is C11H14ClN3O. The summed E-state index contributed by atoms with van der Waals surface area (Å²) in [5, 5.41) is 21.3. The van der Waals surface area contributed by atoms with E-state index in [4.69, 9.17) is 22.0 Å². The highest BCUT2D eigenvalue weighted by molar-refractivity contribution is 6.31. The fourth-order valence-electron chi connectivity index (χ4n) is 1.21. The van der Waals surface area contributed by atoms with E-state index < -0.39 is 0 Å². The number of nitrogens with one attached hydrogen (secondary N) is 1. The standard InChI is InChI=1S/C11H14ClN3O/c1-7(2)10(6-16)15-11-4-3-8(12)9(5-13)14-11/h3-4,7,10,16H,6H2,1-2H3,(H,14,15)/t10-/m1/s1. The molecule has 0 bridgehead atoms. The molecule has 0 radical (unpaired) electrons. The minimum absolute atomic E-state index is 0.0177. The van der Waals surface area contributed by atoms with E-state index >= 15 is 0 Å². The van der Waals surface area contributed by atoms with Crippen molar-refractivity contribution < 1.29 is 5.11 Å². The predicted molar refractivity (Wildman–Crippen MR) is 63.3 cm³/mol. The molecular weight excluding hydrogens is 226 g/mol. The van der Waals surface area contributed by atoms with Crippen molar-refractivity contribution in [2.45, 2.75) is 19.9 Å². The van der Waals surface area contributed by atoms with Gasteiger partial charge in [-0.05, 0) is 18.1 Å². The third-order valence-corrected chi connectivity index (χ3v) is 2.59. The molecule has 0 aliphatic heterocycles. The summed E-state index contributed by atoms with van der Waals surface area (Å²) < 4.78 is 0. The van der Waals surface area contributed by atoms with Gasteiger partial charge < -0.3 is 10.4 Å². The van der Waals surface area contributed by atoms with Gasteiger partial charge in [0.25, 0.3) is 0 Å². The smallest absolute Gasteiger partial charge is 0.161 e. The van der Waals surface area contributed by atoms with Crippen LogP contribution in [0, 0.1) is 17.2 Å². The van der Waals surface area contributed by atoms with Gasteiger partial charge in [-0.2, -0.15) is 5.26 Å². The van der Waals surface area contributed by atoms with Gasteiger partial charge in [-0.3, -0.25) is 0 Å². The van der Waals surface area contributed by atoms with E-state index in [0.717, 1.165) is 0 Å². The Hall–Kier alpha value is -1.31. The minimum atomic E-state index is -0.0831. The van der Waals surface area contributed by atoms with Crippen molar-refractivity contribution in [3.8, 4) is 6.07 Å². The lowest BCUT2D eigenvalue weighted by atomic mass is 10.1. The van der Waals surface area contributed by atoms with Crippen molar-refractivity contribution in [1.29, 1.82) is 5.26 Å². The molecule has 5 heteroatoms. The molecule has 1 aromatic heterocycles. The second-order valence-corrected chi connectivity index (χ2v) is 4.22. The quantitative estimate of drug-likeness (QED) is 0.844. The van der Waals surface area contributed by atoms with E-state index in [1.807, 2.05) is 19.9 Å². The number of rotatable bonds is 4. The van der Waals surface area contributed by atoms with Crippen LogP contribution >= 0.6 is 11.6 Å². The van der Waals surface area contributed by atoms with Crippen molar-refractivity contribution in [2.75, 3.05) is 11.9 Å². The number of nitrogens with zero attached hydrogens (tertiary/aromatic N) is 2. The summed E-state index contributed by atoms with van der Waals surface area (Å²) in [4.78, 5) is 4.05. The Bertz CT molecular complexity index is 401. The van der Waals surface area contributed by atoms with Crippen LogP contribution in [0.4, 0.5) is 5.82 Å². The van der Waals surface area contributed by atoms with E-state index in [1.165, 1.54) is 0 Å². The minimum Gasteiger partial charge on any atom is -0.394 e. The molecule has 4 nitrogen and oxygen atoms in total. The normalized spacial score (nSPS) is 12.2. The lowest BCUT2D eigenvalue weighted by Gasteiger charge is -2.20. The Morgan fingerprint density at radius 1 is 1.56 bits per heavy atom. The highest BCUT2D eigenvalue weighted by Crippen LogP contribution is 2.17. The fourth-order valence-corrected chi connectivity index (χ4v) is 1.36. The molecule has 1 heterocycles. The molecule has 86 valence electrons. The first kappa shape index (κ1) is 12.8. The average molecular weight is 240 g/mol. The second-order valence-electron chi connectivity index (χ2n) is 3.82. The van der Waals surface area contributed by atoms with Crippen LogP contribution in [0.1, 0.15) is 19.5 Å². The Balaban J connectivity index is 2.86. The first-order chi connectivity index (χ1) is 7.58. The summed E-state index contributed by atoms with van der Waals surface area (Å²) in [6.07, 6.45) is 0. The van der Waals surface area contributed by atoms with E-state index in [-0.39, 0.29) is 24.3 Å². The monoisotopic (exact) mass is 239 g/mol. The first-order valence-corrected chi connectivity index (χ1v) is 5.40. The molecule has 0 fully saturated rings. The Kier molecular flexibility index (Phi) is 4.53. The van der Waals surface area contributed by atoms with Crippen molar-refractivity contribution in [3.63, 3.8) is 0 Å². The van der Waals surface area contributed by atoms with Crippen LogP contribution < -0.4 is 5.32 Å². The van der Waals surface area contributed by atoms with Crippen LogP contribution in [-0.4, -0.2) is 22.7 Å². The maximum atomic E-state index is 9.16. The van der Waals surface area contributed by atoms with Gasteiger partial charge in [0.05, 0.1) is 17.7 Å². The first-order valence-electron chi connectivity index (χ1n) is 5.02. The number of nitriles is 1. The van der Waals surface area contributed by atoms with Crippen LogP contribution in [-0.2, 0) is 0 Å². The van der Waals surface area contributed by atoms with Gasteiger partial charge >= 0.3 is 0 Å².